The number of nitrogens with one attached hydrogen (secondary N) is 2. The van der Waals surface area contributed by atoms with Gasteiger partial charge < -0.3 is 24.8 Å². The van der Waals surface area contributed by atoms with Crippen molar-refractivity contribution in [1.82, 2.24) is 24.8 Å². The number of hydrogen-bond acceptors (Lipinski definition) is 8. The molecular formula is C29H38N6O4. The molecule has 2 aromatic heterocycles. The van der Waals surface area contributed by atoms with Gasteiger partial charge in [0.25, 0.3) is 0 Å². The van der Waals surface area contributed by atoms with E-state index in [2.05, 4.69) is 39.8 Å². The highest BCUT2D eigenvalue weighted by molar-refractivity contribution is 5.95. The Morgan fingerprint density at radius 1 is 1.13 bits per heavy atom. The van der Waals surface area contributed by atoms with E-state index in [1.54, 1.807) is 25.1 Å². The molecule has 208 valence electrons. The van der Waals surface area contributed by atoms with Crippen molar-refractivity contribution in [3.63, 3.8) is 0 Å². The Morgan fingerprint density at radius 2 is 1.90 bits per heavy atom. The summed E-state index contributed by atoms with van der Waals surface area (Å²) >= 11 is 0. The molecule has 4 rings (SSSR count). The summed E-state index contributed by atoms with van der Waals surface area (Å²) in [5, 5.41) is 7.43. The molecule has 2 atom stereocenters. The third-order valence-electron chi connectivity index (χ3n) is 6.54. The van der Waals surface area contributed by atoms with Crippen LogP contribution in [0.3, 0.4) is 0 Å². The average molecular weight is 535 g/mol. The number of piperazine rings is 1. The summed E-state index contributed by atoms with van der Waals surface area (Å²) in [6.07, 6.45) is 2.08. The highest BCUT2D eigenvalue weighted by Crippen LogP contribution is 2.22. The summed E-state index contributed by atoms with van der Waals surface area (Å²) in [7, 11) is 0. The average Bonchev–Trinajstić information content (AvgIpc) is 3.25. The fourth-order valence-corrected chi connectivity index (χ4v) is 4.65. The number of amides is 1. The van der Waals surface area contributed by atoms with Crippen LogP contribution in [-0.2, 0) is 22.4 Å². The molecule has 0 bridgehead atoms. The number of pyridine rings is 1. The normalized spacial score (nSPS) is 18.3. The van der Waals surface area contributed by atoms with Crippen molar-refractivity contribution >= 4 is 28.8 Å². The molecule has 0 saturated carbocycles. The summed E-state index contributed by atoms with van der Waals surface area (Å²) in [5.41, 5.74) is 3.72. The van der Waals surface area contributed by atoms with E-state index in [0.29, 0.717) is 18.5 Å². The lowest BCUT2D eigenvalue weighted by molar-refractivity contribution is -0.0117. The Labute approximate surface area is 229 Å². The molecule has 3 aromatic rings. The summed E-state index contributed by atoms with van der Waals surface area (Å²) in [6.45, 7) is 13.5. The number of carbonyl (C=O) groups is 2. The van der Waals surface area contributed by atoms with Crippen molar-refractivity contribution in [2.75, 3.05) is 19.7 Å². The number of esters is 1. The van der Waals surface area contributed by atoms with Crippen molar-refractivity contribution < 1.29 is 19.1 Å². The Balaban J connectivity index is 1.40. The van der Waals surface area contributed by atoms with Gasteiger partial charge in [-0.2, -0.15) is 0 Å². The molecule has 1 fully saturated rings. The van der Waals surface area contributed by atoms with Gasteiger partial charge in [-0.15, -0.1) is 0 Å². The molecule has 0 spiro atoms. The minimum absolute atomic E-state index is 0.0236. The van der Waals surface area contributed by atoms with Gasteiger partial charge in [0, 0.05) is 55.7 Å². The number of hydrogen-bond donors (Lipinski definition) is 2. The number of benzene rings is 1. The highest BCUT2D eigenvalue weighted by atomic mass is 16.6. The van der Waals surface area contributed by atoms with Crippen LogP contribution in [-0.4, -0.2) is 79.9 Å². The summed E-state index contributed by atoms with van der Waals surface area (Å²) in [5.74, 6) is 0.285. The summed E-state index contributed by atoms with van der Waals surface area (Å²) in [6, 6.07) is 9.52. The topological polar surface area (TPSA) is 124 Å². The number of H-pyrrole nitrogens is 1. The zero-order valence-electron chi connectivity index (χ0n) is 23.6. The van der Waals surface area contributed by atoms with E-state index in [4.69, 9.17) is 14.9 Å². The number of imidazole rings is 1. The zero-order chi connectivity index (χ0) is 28.3. The van der Waals surface area contributed by atoms with Gasteiger partial charge in [0.1, 0.15) is 18.0 Å². The van der Waals surface area contributed by atoms with Gasteiger partial charge in [0.15, 0.2) is 0 Å². The van der Waals surface area contributed by atoms with E-state index in [1.807, 2.05) is 37.9 Å². The molecule has 1 aliphatic heterocycles. The number of nitrogens with zero attached hydrogens (tertiary/aromatic N) is 4. The molecule has 1 aromatic carbocycles. The molecule has 2 N–H and O–H groups in total. The largest absolute Gasteiger partial charge is 0.456 e. The first-order valence-corrected chi connectivity index (χ1v) is 13.2. The van der Waals surface area contributed by atoms with Crippen LogP contribution in [0.1, 0.15) is 69.0 Å². The third-order valence-corrected chi connectivity index (χ3v) is 6.54. The van der Waals surface area contributed by atoms with Crippen LogP contribution in [0.5, 0.6) is 0 Å². The lowest BCUT2D eigenvalue weighted by Gasteiger charge is -2.44. The Hall–Kier alpha value is -3.79. The fraction of sp³-hybridized carbons (Fsp3) is 0.483. The first-order chi connectivity index (χ1) is 18.4. The number of aromatic amines is 1. The van der Waals surface area contributed by atoms with Crippen molar-refractivity contribution in [3.8, 4) is 0 Å². The maximum absolute atomic E-state index is 12.7. The maximum Gasteiger partial charge on any atom is 0.410 e. The standard InChI is InChI=1S/C29H38N6O4/c1-18(30)17-38-27(36)22-7-8-24-25(12-22)33-26(32-24)13-23-11-21(9-10-31-23)16-34-14-20(3)35(15-19(34)2)28(37)39-29(4,5)6/h7-12,19-20,30H,13-17H2,1-6H3,(H,32,33)/t19-,20+/m0/s1. The lowest BCUT2D eigenvalue weighted by atomic mass is 10.1. The second kappa shape index (κ2) is 11.5. The number of aromatic nitrogens is 3. The zero-order valence-corrected chi connectivity index (χ0v) is 23.6. The molecule has 39 heavy (non-hydrogen) atoms. The molecule has 1 amide bonds. The predicted octanol–water partition coefficient (Wildman–Crippen LogP) is 4.57. The first-order valence-electron chi connectivity index (χ1n) is 13.2. The Kier molecular flexibility index (Phi) is 8.34. The highest BCUT2D eigenvalue weighted by Gasteiger charge is 2.34. The Bertz CT molecular complexity index is 1360. The van der Waals surface area contributed by atoms with Crippen LogP contribution in [0, 0.1) is 5.41 Å². The van der Waals surface area contributed by atoms with E-state index in [-0.39, 0.29) is 30.5 Å². The van der Waals surface area contributed by atoms with Crippen LogP contribution in [0.4, 0.5) is 4.79 Å². The van der Waals surface area contributed by atoms with E-state index in [0.717, 1.165) is 41.2 Å². The quantitative estimate of drug-likeness (QED) is 0.336. The molecular weight excluding hydrogens is 496 g/mol. The van der Waals surface area contributed by atoms with Crippen molar-refractivity contribution in [3.05, 3.63) is 59.2 Å². The van der Waals surface area contributed by atoms with E-state index in [9.17, 15) is 9.59 Å². The van der Waals surface area contributed by atoms with Crippen LogP contribution >= 0.6 is 0 Å². The fourth-order valence-electron chi connectivity index (χ4n) is 4.65. The van der Waals surface area contributed by atoms with E-state index >= 15 is 0 Å². The van der Waals surface area contributed by atoms with Gasteiger partial charge in [0.2, 0.25) is 0 Å². The van der Waals surface area contributed by atoms with Gasteiger partial charge in [-0.1, -0.05) is 0 Å². The van der Waals surface area contributed by atoms with E-state index < -0.39 is 11.6 Å². The second-order valence-electron chi connectivity index (χ2n) is 11.4. The van der Waals surface area contributed by atoms with Crippen molar-refractivity contribution in [2.24, 2.45) is 0 Å². The van der Waals surface area contributed by atoms with Gasteiger partial charge in [-0.25, -0.2) is 14.6 Å². The number of fused-ring (bicyclic) bond motifs is 1. The predicted molar refractivity (Wildman–Crippen MR) is 149 cm³/mol. The van der Waals surface area contributed by atoms with Crippen molar-refractivity contribution in [2.45, 2.75) is 72.2 Å². The summed E-state index contributed by atoms with van der Waals surface area (Å²) in [4.78, 5) is 41.6. The number of carbonyl (C=O) groups excluding carboxylic acids is 2. The van der Waals surface area contributed by atoms with Crippen LogP contribution in [0.25, 0.3) is 11.0 Å². The molecule has 1 saturated heterocycles. The maximum atomic E-state index is 12.7. The smallest absolute Gasteiger partial charge is 0.410 e. The third kappa shape index (κ3) is 7.41. The van der Waals surface area contributed by atoms with Crippen LogP contribution in [0.15, 0.2) is 36.5 Å². The van der Waals surface area contributed by atoms with Crippen LogP contribution < -0.4 is 0 Å². The molecule has 3 heterocycles. The van der Waals surface area contributed by atoms with E-state index in [1.165, 1.54) is 0 Å². The van der Waals surface area contributed by atoms with Crippen LogP contribution in [0.2, 0.25) is 0 Å². The van der Waals surface area contributed by atoms with Crippen molar-refractivity contribution in [1.29, 1.82) is 5.41 Å². The molecule has 1 aliphatic rings. The molecule has 0 radical (unpaired) electrons. The Morgan fingerprint density at radius 3 is 2.62 bits per heavy atom. The van der Waals surface area contributed by atoms with Gasteiger partial charge >= 0.3 is 12.1 Å². The minimum atomic E-state index is -0.515. The molecule has 0 aliphatic carbocycles. The van der Waals surface area contributed by atoms with Gasteiger partial charge in [0.05, 0.1) is 16.6 Å². The SMILES string of the molecule is CC(=N)COC(=O)c1ccc2nc(Cc3cc(CN4C[C@@H](C)N(C(=O)OC(C)(C)C)C[C@@H]4C)ccn3)[nH]c2c1. The minimum Gasteiger partial charge on any atom is -0.456 e. The summed E-state index contributed by atoms with van der Waals surface area (Å²) < 4.78 is 10.7. The van der Waals surface area contributed by atoms with Gasteiger partial charge in [-0.05, 0) is 77.4 Å². The monoisotopic (exact) mass is 534 g/mol. The molecule has 10 heteroatoms. The molecule has 10 nitrogen and oxygen atoms in total. The first kappa shape index (κ1) is 28.2. The second-order valence-corrected chi connectivity index (χ2v) is 11.4. The number of rotatable bonds is 7. The molecule has 0 unspecified atom stereocenters. The number of ether oxygens (including phenoxy) is 2. The van der Waals surface area contributed by atoms with Gasteiger partial charge in [-0.3, -0.25) is 9.88 Å². The lowest BCUT2D eigenvalue weighted by Crippen LogP contribution is -2.58.